The molecule has 7 heteroatoms. The van der Waals surface area contributed by atoms with Gasteiger partial charge in [-0.15, -0.1) is 0 Å². The molecule has 0 aliphatic carbocycles. The first-order chi connectivity index (χ1) is 9.58. The van der Waals surface area contributed by atoms with Gasteiger partial charge in [0.05, 0.1) is 5.56 Å². The molecule has 1 aliphatic heterocycles. The van der Waals surface area contributed by atoms with Gasteiger partial charge in [-0.1, -0.05) is 6.07 Å². The van der Waals surface area contributed by atoms with Gasteiger partial charge in [0.1, 0.15) is 5.52 Å². The fraction of sp³-hybridized carbons (Fsp3) is 0.429. The van der Waals surface area contributed by atoms with Crippen LogP contribution in [0.25, 0.3) is 11.1 Å². The Hall–Kier alpha value is -1.48. The fourth-order valence-corrected chi connectivity index (χ4v) is 2.73. The number of nitrogens with one attached hydrogen (secondary N) is 1. The molecule has 0 radical (unpaired) electrons. The second-order valence-electron chi connectivity index (χ2n) is 5.22. The van der Waals surface area contributed by atoms with E-state index < -0.39 is 5.97 Å². The van der Waals surface area contributed by atoms with Crippen LogP contribution in [0, 0.1) is 0 Å². The van der Waals surface area contributed by atoms with Crippen molar-refractivity contribution < 1.29 is 34.6 Å². The maximum atomic E-state index is 11.2. The minimum Gasteiger partial charge on any atom is -1.00 e. The van der Waals surface area contributed by atoms with E-state index in [1.54, 1.807) is 18.2 Å². The van der Waals surface area contributed by atoms with E-state index in [0.29, 0.717) is 17.1 Å². The van der Waals surface area contributed by atoms with E-state index in [1.165, 1.54) is 0 Å². The number of piperazine rings is 1. The molecule has 0 saturated carbocycles. The molecule has 6 nitrogen and oxygen atoms in total. The molecule has 1 aromatic carbocycles. The smallest absolute Gasteiger partial charge is 1.00 e. The van der Waals surface area contributed by atoms with Gasteiger partial charge in [0, 0.05) is 25.2 Å². The first kappa shape index (κ1) is 15.9. The number of carbonyl (C=O) groups is 1. The number of aromatic carboxylic acids is 1. The van der Waals surface area contributed by atoms with Gasteiger partial charge in [-0.3, -0.25) is 0 Å². The number of carboxylic acid groups (broad SMARTS) is 1. The Bertz CT molecular complexity index is 654. The minimum absolute atomic E-state index is 0. The van der Waals surface area contributed by atoms with Gasteiger partial charge in [-0.2, -0.15) is 4.98 Å². The summed E-state index contributed by atoms with van der Waals surface area (Å²) in [6.07, 6.45) is 0. The number of fused-ring (bicyclic) bond motifs is 1. The number of oxazole rings is 1. The second-order valence-corrected chi connectivity index (χ2v) is 5.22. The first-order valence-electron chi connectivity index (χ1n) is 6.70. The van der Waals surface area contributed by atoms with Gasteiger partial charge in [-0.25, -0.2) is 4.79 Å². The van der Waals surface area contributed by atoms with Crippen LogP contribution in [0.1, 0.15) is 25.6 Å². The summed E-state index contributed by atoms with van der Waals surface area (Å²) in [7, 11) is 0. The zero-order valence-corrected chi connectivity index (χ0v) is 12.5. The van der Waals surface area contributed by atoms with E-state index in [1.807, 2.05) is 0 Å². The molecule has 3 rings (SSSR count). The van der Waals surface area contributed by atoms with Crippen molar-refractivity contribution in [2.24, 2.45) is 0 Å². The number of para-hydroxylation sites is 1. The average molecular weight is 283 g/mol. The third-order valence-electron chi connectivity index (χ3n) is 3.69. The Labute approximate surface area is 136 Å². The second kappa shape index (κ2) is 6.10. The molecule has 1 fully saturated rings. The number of hydrogen-bond acceptors (Lipinski definition) is 5. The van der Waals surface area contributed by atoms with E-state index in [0.717, 1.165) is 13.1 Å². The van der Waals surface area contributed by atoms with Crippen LogP contribution < -0.4 is 29.1 Å². The summed E-state index contributed by atoms with van der Waals surface area (Å²) < 4.78 is 5.76. The van der Waals surface area contributed by atoms with E-state index >= 15 is 0 Å². The largest absolute Gasteiger partial charge is 1.00 e. The summed E-state index contributed by atoms with van der Waals surface area (Å²) in [4.78, 5) is 17.7. The maximum Gasteiger partial charge on any atom is 1.00 e. The summed E-state index contributed by atoms with van der Waals surface area (Å²) in [6, 6.07) is 5.96. The minimum atomic E-state index is -0.989. The molecule has 2 heterocycles. The standard InChI is InChI=1S/C14H17N3O3.Li.H/c1-8-6-15-7-9(2)17(8)14-16-12-10(13(18)19)4-3-5-11(12)20-14;;/h3-5,8-9,15H,6-7H2,1-2H3,(H,18,19);;/q;+1;-1/t8-,9-;;/m0../s1. The molecule has 0 spiro atoms. The van der Waals surface area contributed by atoms with E-state index in [9.17, 15) is 9.90 Å². The first-order valence-corrected chi connectivity index (χ1v) is 6.70. The number of anilines is 1. The van der Waals surface area contributed by atoms with Crippen molar-refractivity contribution in [2.75, 3.05) is 18.0 Å². The number of benzene rings is 1. The van der Waals surface area contributed by atoms with Gasteiger partial charge in [-0.05, 0) is 26.0 Å². The number of aromatic nitrogens is 1. The summed E-state index contributed by atoms with van der Waals surface area (Å²) in [5, 5.41) is 12.5. The quantitative estimate of drug-likeness (QED) is 0.676. The number of rotatable bonds is 2. The topological polar surface area (TPSA) is 78.6 Å². The van der Waals surface area contributed by atoms with Crippen molar-refractivity contribution in [1.82, 2.24) is 10.3 Å². The summed E-state index contributed by atoms with van der Waals surface area (Å²) in [5.74, 6) is -0.989. The van der Waals surface area contributed by atoms with Crippen molar-refractivity contribution in [3.63, 3.8) is 0 Å². The van der Waals surface area contributed by atoms with Gasteiger partial charge < -0.3 is 21.2 Å². The molecule has 2 atom stereocenters. The molecule has 0 bridgehead atoms. The predicted octanol–water partition coefficient (Wildman–Crippen LogP) is -1.17. The number of nitrogens with zero attached hydrogens (tertiary/aromatic N) is 2. The maximum absolute atomic E-state index is 11.2. The van der Waals surface area contributed by atoms with Gasteiger partial charge in [0.2, 0.25) is 0 Å². The van der Waals surface area contributed by atoms with Crippen molar-refractivity contribution in [3.8, 4) is 0 Å². The molecule has 108 valence electrons. The molecule has 2 aromatic rings. The Morgan fingerprint density at radius 1 is 1.43 bits per heavy atom. The van der Waals surface area contributed by atoms with Gasteiger partial charge in [0.25, 0.3) is 6.01 Å². The van der Waals surface area contributed by atoms with E-state index in [4.69, 9.17) is 4.42 Å². The van der Waals surface area contributed by atoms with Crippen molar-refractivity contribution in [3.05, 3.63) is 23.8 Å². The van der Waals surface area contributed by atoms with Crippen LogP contribution in [-0.4, -0.2) is 41.2 Å². The van der Waals surface area contributed by atoms with Crippen LogP contribution in [0.3, 0.4) is 0 Å². The normalized spacial score (nSPS) is 22.1. The van der Waals surface area contributed by atoms with Crippen LogP contribution in [0.2, 0.25) is 0 Å². The van der Waals surface area contributed by atoms with Crippen LogP contribution in [0.5, 0.6) is 0 Å². The zero-order valence-electron chi connectivity index (χ0n) is 13.5. The van der Waals surface area contributed by atoms with Crippen molar-refractivity contribution >= 4 is 23.1 Å². The predicted molar refractivity (Wildman–Crippen MR) is 76.4 cm³/mol. The summed E-state index contributed by atoms with van der Waals surface area (Å²) in [5.41, 5.74) is 1.10. The van der Waals surface area contributed by atoms with Crippen LogP contribution >= 0.6 is 0 Å². The fourth-order valence-electron chi connectivity index (χ4n) is 2.73. The molecule has 0 unspecified atom stereocenters. The molecule has 1 aliphatic rings. The monoisotopic (exact) mass is 283 g/mol. The van der Waals surface area contributed by atoms with E-state index in [-0.39, 0.29) is 37.9 Å². The zero-order chi connectivity index (χ0) is 14.3. The number of carboxylic acids is 1. The van der Waals surface area contributed by atoms with Crippen molar-refractivity contribution in [2.45, 2.75) is 25.9 Å². The molecule has 21 heavy (non-hydrogen) atoms. The Kier molecular flexibility index (Phi) is 4.62. The van der Waals surface area contributed by atoms with E-state index in [2.05, 4.69) is 29.0 Å². The Morgan fingerprint density at radius 2 is 2.10 bits per heavy atom. The van der Waals surface area contributed by atoms with Crippen LogP contribution in [0.15, 0.2) is 22.6 Å². The third-order valence-corrected chi connectivity index (χ3v) is 3.69. The van der Waals surface area contributed by atoms with Crippen LogP contribution in [0.4, 0.5) is 6.01 Å². The summed E-state index contributed by atoms with van der Waals surface area (Å²) >= 11 is 0. The van der Waals surface area contributed by atoms with Crippen LogP contribution in [-0.2, 0) is 0 Å². The molecule has 1 saturated heterocycles. The van der Waals surface area contributed by atoms with Gasteiger partial charge >= 0.3 is 24.8 Å². The molecule has 0 amide bonds. The Morgan fingerprint density at radius 3 is 2.71 bits per heavy atom. The molecular formula is C14H18LiN3O3. The molecular weight excluding hydrogens is 265 g/mol. The third kappa shape index (κ3) is 2.79. The average Bonchev–Trinajstić information content (AvgIpc) is 2.81. The van der Waals surface area contributed by atoms with Crippen molar-refractivity contribution in [1.29, 1.82) is 0 Å². The van der Waals surface area contributed by atoms with Gasteiger partial charge in [0.15, 0.2) is 5.58 Å². The molecule has 1 aromatic heterocycles. The molecule has 2 N–H and O–H groups in total. The Balaban J connectivity index is 0.00000121. The SMILES string of the molecule is C[C@H]1CNC[C@H](C)N1c1nc2c(C(=O)O)cccc2o1.[H-].[Li+]. The summed E-state index contributed by atoms with van der Waals surface area (Å²) in [6.45, 7) is 5.90. The number of hydrogen-bond donors (Lipinski definition) is 2.